The van der Waals surface area contributed by atoms with E-state index < -0.39 is 0 Å². The Hall–Kier alpha value is -1.69. The molecule has 0 bridgehead atoms. The summed E-state index contributed by atoms with van der Waals surface area (Å²) in [4.78, 5) is 22.1. The molecule has 0 spiro atoms. The van der Waals surface area contributed by atoms with Crippen LogP contribution in [0.15, 0.2) is 16.9 Å². The number of H-pyrrole nitrogens is 1. The summed E-state index contributed by atoms with van der Waals surface area (Å²) in [5.74, 6) is -0.306. The van der Waals surface area contributed by atoms with Crippen molar-refractivity contribution in [3.05, 3.63) is 28.2 Å². The number of aromatic amines is 1. The molecule has 1 fully saturated rings. The molecule has 0 radical (unpaired) electrons. The maximum Gasteiger partial charge on any atom is 0.271 e. The van der Waals surface area contributed by atoms with Gasteiger partial charge in [0.15, 0.2) is 0 Å². The van der Waals surface area contributed by atoms with E-state index in [4.69, 9.17) is 5.73 Å². The number of nitrogens with two attached hydrogens (primary N) is 1. The second-order valence-corrected chi connectivity index (χ2v) is 3.29. The van der Waals surface area contributed by atoms with Gasteiger partial charge in [-0.25, -0.2) is 5.10 Å². The summed E-state index contributed by atoms with van der Waals surface area (Å²) < 4.78 is 0. The molecule has 1 heterocycles. The van der Waals surface area contributed by atoms with Gasteiger partial charge in [0.05, 0.1) is 0 Å². The van der Waals surface area contributed by atoms with E-state index in [-0.39, 0.29) is 29.2 Å². The smallest absolute Gasteiger partial charge is 0.271 e. The number of carbonyl (C=O) groups is 1. The molecule has 1 aliphatic rings. The molecule has 1 amide bonds. The van der Waals surface area contributed by atoms with E-state index in [2.05, 4.69) is 15.5 Å². The molecule has 1 aromatic rings. The van der Waals surface area contributed by atoms with Crippen LogP contribution < -0.4 is 16.6 Å². The Morgan fingerprint density at radius 3 is 2.86 bits per heavy atom. The zero-order chi connectivity index (χ0) is 10.1. The van der Waals surface area contributed by atoms with E-state index in [1.54, 1.807) is 0 Å². The Balaban J connectivity index is 2.04. The number of nitrogens with one attached hydrogen (secondary N) is 2. The highest BCUT2D eigenvalue weighted by Gasteiger charge is 2.35. The highest BCUT2D eigenvalue weighted by atomic mass is 16.2. The van der Waals surface area contributed by atoms with Crippen molar-refractivity contribution in [1.29, 1.82) is 0 Å². The van der Waals surface area contributed by atoms with Crippen LogP contribution in [0.1, 0.15) is 16.9 Å². The molecule has 1 saturated carbocycles. The summed E-state index contributed by atoms with van der Waals surface area (Å²) in [7, 11) is 0. The Kier molecular flexibility index (Phi) is 2.05. The summed E-state index contributed by atoms with van der Waals surface area (Å²) in [5, 5.41) is 8.47. The normalized spacial score (nSPS) is 24.4. The molecule has 2 atom stereocenters. The number of hydrogen-bond donors (Lipinski definition) is 3. The molecule has 2 rings (SSSR count). The predicted octanol–water partition coefficient (Wildman–Crippen LogP) is -1.40. The van der Waals surface area contributed by atoms with Gasteiger partial charge in [-0.2, -0.15) is 5.10 Å². The summed E-state index contributed by atoms with van der Waals surface area (Å²) in [5.41, 5.74) is 5.39. The minimum Gasteiger partial charge on any atom is -0.346 e. The lowest BCUT2D eigenvalue weighted by molar-refractivity contribution is 0.0944. The summed E-state index contributed by atoms with van der Waals surface area (Å²) in [6.45, 7) is 0. The fourth-order valence-corrected chi connectivity index (χ4v) is 1.09. The summed E-state index contributed by atoms with van der Waals surface area (Å²) in [6, 6.07) is 2.74. The van der Waals surface area contributed by atoms with Crippen LogP contribution >= 0.6 is 0 Å². The first-order valence-electron chi connectivity index (χ1n) is 4.29. The van der Waals surface area contributed by atoms with Gasteiger partial charge in [-0.3, -0.25) is 9.59 Å². The average Bonchev–Trinajstić information content (AvgIpc) is 2.82. The Morgan fingerprint density at radius 2 is 2.36 bits per heavy atom. The molecule has 0 saturated heterocycles. The second-order valence-electron chi connectivity index (χ2n) is 3.29. The van der Waals surface area contributed by atoms with Crippen molar-refractivity contribution < 1.29 is 4.79 Å². The molecule has 74 valence electrons. The van der Waals surface area contributed by atoms with E-state index in [0.717, 1.165) is 6.42 Å². The van der Waals surface area contributed by atoms with Crippen molar-refractivity contribution in [2.24, 2.45) is 5.73 Å². The first-order chi connectivity index (χ1) is 6.66. The topological polar surface area (TPSA) is 101 Å². The third kappa shape index (κ3) is 1.80. The SMILES string of the molecule is NC1CC1NC(=O)c1ccc(=O)[nH]n1. The van der Waals surface area contributed by atoms with Gasteiger partial charge in [-0.1, -0.05) is 0 Å². The van der Waals surface area contributed by atoms with Crippen molar-refractivity contribution in [3.8, 4) is 0 Å². The molecule has 1 aliphatic carbocycles. The van der Waals surface area contributed by atoms with Gasteiger partial charge in [-0.15, -0.1) is 0 Å². The van der Waals surface area contributed by atoms with Gasteiger partial charge in [0, 0.05) is 18.2 Å². The van der Waals surface area contributed by atoms with Gasteiger partial charge in [-0.05, 0) is 12.5 Å². The van der Waals surface area contributed by atoms with Crippen molar-refractivity contribution >= 4 is 5.91 Å². The van der Waals surface area contributed by atoms with Crippen molar-refractivity contribution in [1.82, 2.24) is 15.5 Å². The molecular formula is C8H10N4O2. The molecule has 1 aromatic heterocycles. The lowest BCUT2D eigenvalue weighted by atomic mass is 10.3. The molecule has 14 heavy (non-hydrogen) atoms. The molecule has 2 unspecified atom stereocenters. The Labute approximate surface area is 79.5 Å². The molecule has 4 N–H and O–H groups in total. The average molecular weight is 194 g/mol. The van der Waals surface area contributed by atoms with E-state index in [0.29, 0.717) is 0 Å². The number of nitrogens with zero attached hydrogens (tertiary/aromatic N) is 1. The molecule has 0 aromatic carbocycles. The summed E-state index contributed by atoms with van der Waals surface area (Å²) >= 11 is 0. The molecule has 6 nitrogen and oxygen atoms in total. The van der Waals surface area contributed by atoms with Crippen LogP contribution in [-0.2, 0) is 0 Å². The number of carbonyl (C=O) groups excluding carboxylic acids is 1. The summed E-state index contributed by atoms with van der Waals surface area (Å²) in [6.07, 6.45) is 0.801. The van der Waals surface area contributed by atoms with E-state index in [9.17, 15) is 9.59 Å². The lowest BCUT2D eigenvalue weighted by Crippen LogP contribution is -2.31. The molecule has 6 heteroatoms. The standard InChI is InChI=1S/C8H10N4O2/c9-4-3-6(4)10-8(14)5-1-2-7(13)12-11-5/h1-2,4,6H,3,9H2,(H,10,14)(H,12,13). The number of hydrogen-bond acceptors (Lipinski definition) is 4. The van der Waals surface area contributed by atoms with Gasteiger partial charge in [0.25, 0.3) is 11.5 Å². The fraction of sp³-hybridized carbons (Fsp3) is 0.375. The van der Waals surface area contributed by atoms with Crippen molar-refractivity contribution in [3.63, 3.8) is 0 Å². The minimum atomic E-state index is -0.329. The maximum atomic E-state index is 11.4. The van der Waals surface area contributed by atoms with Crippen LogP contribution in [0.2, 0.25) is 0 Å². The van der Waals surface area contributed by atoms with Gasteiger partial charge >= 0.3 is 0 Å². The quantitative estimate of drug-likeness (QED) is 0.539. The van der Waals surface area contributed by atoms with Crippen LogP contribution in [0, 0.1) is 0 Å². The second kappa shape index (κ2) is 3.22. The van der Waals surface area contributed by atoms with Crippen LogP contribution in [0.3, 0.4) is 0 Å². The van der Waals surface area contributed by atoms with Gasteiger partial charge in [0.1, 0.15) is 5.69 Å². The highest BCUT2D eigenvalue weighted by molar-refractivity contribution is 5.92. The maximum absolute atomic E-state index is 11.4. The zero-order valence-corrected chi connectivity index (χ0v) is 7.36. The van der Waals surface area contributed by atoms with Crippen LogP contribution in [0.5, 0.6) is 0 Å². The van der Waals surface area contributed by atoms with E-state index in [1.807, 2.05) is 0 Å². The minimum absolute atomic E-state index is 0.0521. The van der Waals surface area contributed by atoms with E-state index in [1.165, 1.54) is 12.1 Å². The number of rotatable bonds is 2. The fourth-order valence-electron chi connectivity index (χ4n) is 1.09. The zero-order valence-electron chi connectivity index (χ0n) is 7.36. The third-order valence-electron chi connectivity index (χ3n) is 2.07. The van der Waals surface area contributed by atoms with Gasteiger partial charge < -0.3 is 11.1 Å². The van der Waals surface area contributed by atoms with Crippen LogP contribution in [0.4, 0.5) is 0 Å². The first-order valence-corrected chi connectivity index (χ1v) is 4.29. The van der Waals surface area contributed by atoms with Crippen LogP contribution in [0.25, 0.3) is 0 Å². The predicted molar refractivity (Wildman–Crippen MR) is 48.7 cm³/mol. The highest BCUT2D eigenvalue weighted by Crippen LogP contribution is 2.17. The van der Waals surface area contributed by atoms with Crippen molar-refractivity contribution in [2.75, 3.05) is 0 Å². The van der Waals surface area contributed by atoms with Crippen LogP contribution in [-0.4, -0.2) is 28.2 Å². The Morgan fingerprint density at radius 1 is 1.64 bits per heavy atom. The largest absolute Gasteiger partial charge is 0.346 e. The van der Waals surface area contributed by atoms with Gasteiger partial charge in [0.2, 0.25) is 0 Å². The third-order valence-corrected chi connectivity index (χ3v) is 2.07. The monoisotopic (exact) mass is 194 g/mol. The Bertz CT molecular complexity index is 394. The molecular weight excluding hydrogens is 184 g/mol. The molecule has 0 aliphatic heterocycles. The first kappa shape index (κ1) is 8.89. The van der Waals surface area contributed by atoms with E-state index >= 15 is 0 Å². The number of aromatic nitrogens is 2. The van der Waals surface area contributed by atoms with Crippen molar-refractivity contribution in [2.45, 2.75) is 18.5 Å². The number of amides is 1. The lowest BCUT2D eigenvalue weighted by Gasteiger charge is -2.01.